The lowest BCUT2D eigenvalue weighted by molar-refractivity contribution is 0.363. The average molecular weight is 261 g/mol. The zero-order chi connectivity index (χ0) is 13.2. The van der Waals surface area contributed by atoms with Crippen molar-refractivity contribution >= 4 is 16.6 Å². The molecular formula is C12H28O2Si2. The van der Waals surface area contributed by atoms with Crippen molar-refractivity contribution in [1.29, 1.82) is 0 Å². The molecule has 0 N–H and O–H groups in total. The first-order valence-corrected chi connectivity index (χ1v) is 12.2. The molecule has 0 atom stereocenters. The Labute approximate surface area is 103 Å². The summed E-state index contributed by atoms with van der Waals surface area (Å²) in [6.07, 6.45) is 1.82. The van der Waals surface area contributed by atoms with Crippen LogP contribution in [0.4, 0.5) is 0 Å². The second kappa shape index (κ2) is 4.96. The van der Waals surface area contributed by atoms with Crippen molar-refractivity contribution in [1.82, 2.24) is 0 Å². The lowest BCUT2D eigenvalue weighted by Gasteiger charge is -2.35. The van der Waals surface area contributed by atoms with E-state index in [1.54, 1.807) is 0 Å². The summed E-state index contributed by atoms with van der Waals surface area (Å²) in [6, 6.07) is 0. The fraction of sp³-hybridized carbons (Fsp3) is 0.833. The minimum Gasteiger partial charge on any atom is -0.546 e. The van der Waals surface area contributed by atoms with Gasteiger partial charge in [0.25, 0.3) is 0 Å². The third kappa shape index (κ3) is 5.75. The van der Waals surface area contributed by atoms with E-state index in [1.165, 1.54) is 0 Å². The van der Waals surface area contributed by atoms with Crippen molar-refractivity contribution in [3.05, 3.63) is 12.0 Å². The highest BCUT2D eigenvalue weighted by Crippen LogP contribution is 2.36. The van der Waals surface area contributed by atoms with Crippen molar-refractivity contribution in [3.8, 4) is 0 Å². The molecule has 0 rings (SSSR count). The number of rotatable bonds is 4. The molecule has 0 fully saturated rings. The monoisotopic (exact) mass is 260 g/mol. The molecule has 0 aromatic heterocycles. The average Bonchev–Trinajstić information content (AvgIpc) is 1.95. The molecule has 0 heterocycles. The van der Waals surface area contributed by atoms with Crippen LogP contribution >= 0.6 is 0 Å². The molecule has 0 unspecified atom stereocenters. The first-order valence-electron chi connectivity index (χ1n) is 5.89. The largest absolute Gasteiger partial charge is 0.546 e. The van der Waals surface area contributed by atoms with Crippen molar-refractivity contribution in [2.24, 2.45) is 0 Å². The fourth-order valence-electron chi connectivity index (χ4n) is 0.914. The van der Waals surface area contributed by atoms with Gasteiger partial charge in [0.1, 0.15) is 12.0 Å². The highest BCUT2D eigenvalue weighted by molar-refractivity contribution is 6.74. The van der Waals surface area contributed by atoms with Gasteiger partial charge in [-0.25, -0.2) is 0 Å². The Morgan fingerprint density at radius 2 is 1.44 bits per heavy atom. The van der Waals surface area contributed by atoms with E-state index < -0.39 is 16.6 Å². The van der Waals surface area contributed by atoms with Crippen LogP contribution in [0.25, 0.3) is 0 Å². The van der Waals surface area contributed by atoms with Gasteiger partial charge in [-0.3, -0.25) is 0 Å². The molecule has 96 valence electrons. The minimum absolute atomic E-state index is 0.239. The van der Waals surface area contributed by atoms with Gasteiger partial charge in [0, 0.05) is 0 Å². The number of hydrogen-bond donors (Lipinski definition) is 0. The molecule has 0 aliphatic carbocycles. The quantitative estimate of drug-likeness (QED) is 0.538. The van der Waals surface area contributed by atoms with E-state index in [0.29, 0.717) is 0 Å². The Kier molecular flexibility index (Phi) is 4.89. The molecule has 0 saturated heterocycles. The van der Waals surface area contributed by atoms with Gasteiger partial charge in [-0.2, -0.15) is 0 Å². The molecular weight excluding hydrogens is 232 g/mol. The third-order valence-electron chi connectivity index (χ3n) is 2.79. The first kappa shape index (κ1) is 15.8. The Hall–Kier alpha value is -0.226. The van der Waals surface area contributed by atoms with Gasteiger partial charge < -0.3 is 8.85 Å². The number of allylic oxidation sites excluding steroid dienone is 1. The zero-order valence-corrected chi connectivity index (χ0v) is 14.4. The number of hydrogen-bond acceptors (Lipinski definition) is 2. The Balaban J connectivity index is 4.49. The van der Waals surface area contributed by atoms with Crippen LogP contribution in [-0.2, 0) is 8.85 Å². The minimum atomic E-state index is -1.68. The molecule has 16 heavy (non-hydrogen) atoms. The van der Waals surface area contributed by atoms with E-state index in [2.05, 4.69) is 53.5 Å². The third-order valence-corrected chi connectivity index (χ3v) is 8.05. The molecule has 0 spiro atoms. The van der Waals surface area contributed by atoms with E-state index in [0.717, 1.165) is 5.76 Å². The molecule has 0 aliphatic heterocycles. The van der Waals surface area contributed by atoms with Gasteiger partial charge in [-0.05, 0) is 44.7 Å². The second-order valence-corrected chi connectivity index (χ2v) is 16.0. The molecule has 2 nitrogen and oxygen atoms in total. The molecule has 0 aromatic rings. The highest BCUT2D eigenvalue weighted by Gasteiger charge is 2.38. The van der Waals surface area contributed by atoms with E-state index in [-0.39, 0.29) is 5.04 Å². The summed E-state index contributed by atoms with van der Waals surface area (Å²) in [5.41, 5.74) is 0. The van der Waals surface area contributed by atoms with E-state index in [9.17, 15) is 0 Å². The van der Waals surface area contributed by atoms with Crippen molar-refractivity contribution in [3.63, 3.8) is 0 Å². The van der Waals surface area contributed by atoms with Gasteiger partial charge in [0.2, 0.25) is 16.6 Å². The van der Waals surface area contributed by atoms with Crippen LogP contribution in [0, 0.1) is 0 Å². The van der Waals surface area contributed by atoms with Crippen LogP contribution in [0.1, 0.15) is 27.7 Å². The molecule has 0 amide bonds. The normalized spacial score (nSPS) is 14.9. The summed E-state index contributed by atoms with van der Waals surface area (Å²) < 4.78 is 11.8. The second-order valence-electron chi connectivity index (χ2n) is 6.82. The van der Waals surface area contributed by atoms with Gasteiger partial charge in [-0.1, -0.05) is 20.8 Å². The highest BCUT2D eigenvalue weighted by atomic mass is 28.4. The predicted molar refractivity (Wildman–Crippen MR) is 76.5 cm³/mol. The van der Waals surface area contributed by atoms with Gasteiger partial charge in [0.05, 0.1) is 0 Å². The lowest BCUT2D eigenvalue weighted by atomic mass is 10.2. The van der Waals surface area contributed by atoms with Crippen LogP contribution in [0.5, 0.6) is 0 Å². The van der Waals surface area contributed by atoms with E-state index in [1.807, 2.05) is 13.2 Å². The summed E-state index contributed by atoms with van der Waals surface area (Å²) in [5.74, 6) is 0.906. The first-order chi connectivity index (χ1) is 6.85. The van der Waals surface area contributed by atoms with Gasteiger partial charge in [-0.15, -0.1) is 0 Å². The summed E-state index contributed by atoms with van der Waals surface area (Å²) in [7, 11) is -3.18. The summed E-state index contributed by atoms with van der Waals surface area (Å²) in [4.78, 5) is 0. The maximum atomic E-state index is 5.98. The molecule has 4 heteroatoms. The van der Waals surface area contributed by atoms with E-state index >= 15 is 0 Å². The molecule has 0 aliphatic rings. The molecule has 0 aromatic carbocycles. The summed E-state index contributed by atoms with van der Waals surface area (Å²) >= 11 is 0. The topological polar surface area (TPSA) is 18.5 Å². The SMILES string of the molecule is C/C(=C/O[Si](C)(C)C(C)(C)C)O[Si](C)(C)C. The molecule has 0 saturated carbocycles. The van der Waals surface area contributed by atoms with Gasteiger partial charge in [0.15, 0.2) is 0 Å². The molecule has 0 radical (unpaired) electrons. The molecule has 0 bridgehead atoms. The van der Waals surface area contributed by atoms with Crippen LogP contribution < -0.4 is 0 Å². The predicted octanol–water partition coefficient (Wildman–Crippen LogP) is 4.72. The van der Waals surface area contributed by atoms with E-state index in [4.69, 9.17) is 8.85 Å². The van der Waals surface area contributed by atoms with Crippen LogP contribution in [0.2, 0.25) is 37.8 Å². The van der Waals surface area contributed by atoms with Crippen LogP contribution in [0.3, 0.4) is 0 Å². The Bertz CT molecular complexity index is 257. The van der Waals surface area contributed by atoms with Crippen molar-refractivity contribution < 1.29 is 8.85 Å². The summed E-state index contributed by atoms with van der Waals surface area (Å²) in [5, 5.41) is 0.239. The van der Waals surface area contributed by atoms with Crippen LogP contribution in [0.15, 0.2) is 12.0 Å². The maximum absolute atomic E-state index is 5.98. The Morgan fingerprint density at radius 1 is 1.00 bits per heavy atom. The fourth-order valence-corrected chi connectivity index (χ4v) is 2.74. The maximum Gasteiger partial charge on any atom is 0.249 e. The Morgan fingerprint density at radius 3 is 1.75 bits per heavy atom. The summed E-state index contributed by atoms with van der Waals surface area (Å²) in [6.45, 7) is 19.7. The lowest BCUT2D eigenvalue weighted by Crippen LogP contribution is -2.39. The smallest absolute Gasteiger partial charge is 0.249 e. The zero-order valence-electron chi connectivity index (χ0n) is 12.4. The van der Waals surface area contributed by atoms with Gasteiger partial charge >= 0.3 is 0 Å². The standard InChI is InChI=1S/C12H28O2Si2/c1-11(14-15(5,6)7)10-13-16(8,9)12(2,3)4/h10H,1-9H3/b11-10-. The van der Waals surface area contributed by atoms with Crippen LogP contribution in [-0.4, -0.2) is 16.6 Å². The van der Waals surface area contributed by atoms with Crippen molar-refractivity contribution in [2.75, 3.05) is 0 Å². The van der Waals surface area contributed by atoms with Crippen molar-refractivity contribution in [2.45, 2.75) is 65.5 Å².